The van der Waals surface area contributed by atoms with Crippen molar-refractivity contribution in [3.63, 3.8) is 0 Å². The molecule has 3 heteroatoms. The fraction of sp³-hybridized carbons (Fsp3) is 1.00. The van der Waals surface area contributed by atoms with Gasteiger partial charge in [0.1, 0.15) is 0 Å². The monoisotopic (exact) mass is 173 g/mol. The van der Waals surface area contributed by atoms with Gasteiger partial charge in [0.15, 0.2) is 0 Å². The van der Waals surface area contributed by atoms with Crippen molar-refractivity contribution in [2.45, 2.75) is 25.4 Å². The average Bonchev–Trinajstić information content (AvgIpc) is 2.08. The Morgan fingerprint density at radius 2 is 2.00 bits per heavy atom. The average molecular weight is 173 g/mol. The van der Waals surface area contributed by atoms with Crippen LogP contribution in [0.5, 0.6) is 0 Å². The molecule has 0 aromatic heterocycles. The number of aliphatic hydroxyl groups excluding tert-OH is 1. The van der Waals surface area contributed by atoms with Gasteiger partial charge in [-0.1, -0.05) is 0 Å². The minimum Gasteiger partial charge on any atom is -0.394 e. The van der Waals surface area contributed by atoms with Crippen molar-refractivity contribution in [3.05, 3.63) is 0 Å². The van der Waals surface area contributed by atoms with Crippen LogP contribution >= 0.6 is 0 Å². The SMILES string of the molecule is CN1CCC(C)(OCCO)CC1. The molecule has 1 heterocycles. The van der Waals surface area contributed by atoms with Gasteiger partial charge in [0.05, 0.1) is 18.8 Å². The molecule has 0 aliphatic carbocycles. The highest BCUT2D eigenvalue weighted by Crippen LogP contribution is 2.24. The summed E-state index contributed by atoms with van der Waals surface area (Å²) in [5.41, 5.74) is 0.00917. The van der Waals surface area contributed by atoms with E-state index in [2.05, 4.69) is 18.9 Å². The predicted molar refractivity (Wildman–Crippen MR) is 48.2 cm³/mol. The number of hydrogen-bond donors (Lipinski definition) is 1. The van der Waals surface area contributed by atoms with Crippen molar-refractivity contribution in [1.29, 1.82) is 0 Å². The van der Waals surface area contributed by atoms with Gasteiger partial charge in [0, 0.05) is 13.1 Å². The molecule has 12 heavy (non-hydrogen) atoms. The second-order valence-corrected chi connectivity index (χ2v) is 3.83. The largest absolute Gasteiger partial charge is 0.394 e. The van der Waals surface area contributed by atoms with Gasteiger partial charge in [-0.3, -0.25) is 0 Å². The van der Waals surface area contributed by atoms with Crippen LogP contribution < -0.4 is 0 Å². The molecule has 0 atom stereocenters. The van der Waals surface area contributed by atoms with Gasteiger partial charge in [-0.15, -0.1) is 0 Å². The molecule has 1 fully saturated rings. The lowest BCUT2D eigenvalue weighted by Gasteiger charge is -2.37. The third kappa shape index (κ3) is 2.73. The fourth-order valence-electron chi connectivity index (χ4n) is 1.53. The van der Waals surface area contributed by atoms with E-state index in [1.165, 1.54) is 0 Å². The Balaban J connectivity index is 2.29. The Hall–Kier alpha value is -0.120. The summed E-state index contributed by atoms with van der Waals surface area (Å²) in [7, 11) is 2.13. The highest BCUT2D eigenvalue weighted by atomic mass is 16.5. The predicted octanol–water partition coefficient (Wildman–Crippen LogP) is 0.480. The fourth-order valence-corrected chi connectivity index (χ4v) is 1.53. The lowest BCUT2D eigenvalue weighted by atomic mass is 9.94. The maximum Gasteiger partial charge on any atom is 0.0705 e. The number of aliphatic hydroxyl groups is 1. The van der Waals surface area contributed by atoms with Crippen molar-refractivity contribution >= 4 is 0 Å². The molecule has 1 N–H and O–H groups in total. The van der Waals surface area contributed by atoms with Gasteiger partial charge in [-0.05, 0) is 26.8 Å². The molecule has 0 aromatic carbocycles. The van der Waals surface area contributed by atoms with Crippen molar-refractivity contribution in [2.24, 2.45) is 0 Å². The van der Waals surface area contributed by atoms with Crippen LogP contribution in [0, 0.1) is 0 Å². The van der Waals surface area contributed by atoms with Crippen molar-refractivity contribution in [3.8, 4) is 0 Å². The summed E-state index contributed by atoms with van der Waals surface area (Å²) in [5, 5.41) is 8.63. The van der Waals surface area contributed by atoms with Crippen LogP contribution in [-0.2, 0) is 4.74 Å². The minimum absolute atomic E-state index is 0.00917. The molecule has 0 spiro atoms. The standard InChI is InChI=1S/C9H19NO2/c1-9(12-8-7-11)3-5-10(2)6-4-9/h11H,3-8H2,1-2H3. The van der Waals surface area contributed by atoms with E-state index in [1.54, 1.807) is 0 Å². The number of likely N-dealkylation sites (tertiary alicyclic amines) is 1. The van der Waals surface area contributed by atoms with Crippen molar-refractivity contribution in [1.82, 2.24) is 4.90 Å². The molecule has 1 rings (SSSR count). The first-order valence-electron chi connectivity index (χ1n) is 4.60. The van der Waals surface area contributed by atoms with E-state index in [9.17, 15) is 0 Å². The Morgan fingerprint density at radius 1 is 1.42 bits per heavy atom. The number of piperidine rings is 1. The van der Waals surface area contributed by atoms with E-state index in [0.717, 1.165) is 25.9 Å². The molecule has 0 amide bonds. The molecular weight excluding hydrogens is 154 g/mol. The highest BCUT2D eigenvalue weighted by Gasteiger charge is 2.29. The smallest absolute Gasteiger partial charge is 0.0705 e. The number of nitrogens with zero attached hydrogens (tertiary/aromatic N) is 1. The van der Waals surface area contributed by atoms with Crippen LogP contribution in [0.1, 0.15) is 19.8 Å². The Kier molecular flexibility index (Phi) is 3.50. The van der Waals surface area contributed by atoms with Gasteiger partial charge in [0.25, 0.3) is 0 Å². The van der Waals surface area contributed by atoms with Crippen LogP contribution in [-0.4, -0.2) is 49.0 Å². The zero-order chi connectivity index (χ0) is 9.03. The zero-order valence-corrected chi connectivity index (χ0v) is 8.05. The normalized spacial score (nSPS) is 24.2. The summed E-state index contributed by atoms with van der Waals surface area (Å²) >= 11 is 0. The lowest BCUT2D eigenvalue weighted by molar-refractivity contribution is -0.0774. The van der Waals surface area contributed by atoms with E-state index >= 15 is 0 Å². The molecule has 1 aliphatic rings. The van der Waals surface area contributed by atoms with Crippen LogP contribution in [0.4, 0.5) is 0 Å². The Labute approximate surface area is 74.3 Å². The number of hydrogen-bond acceptors (Lipinski definition) is 3. The van der Waals surface area contributed by atoms with E-state index in [0.29, 0.717) is 6.61 Å². The molecule has 1 saturated heterocycles. The van der Waals surface area contributed by atoms with Crippen molar-refractivity contribution < 1.29 is 9.84 Å². The maximum absolute atomic E-state index is 8.63. The molecule has 0 radical (unpaired) electrons. The topological polar surface area (TPSA) is 32.7 Å². The summed E-state index contributed by atoms with van der Waals surface area (Å²) in [4.78, 5) is 2.31. The van der Waals surface area contributed by atoms with Crippen LogP contribution in [0.15, 0.2) is 0 Å². The zero-order valence-electron chi connectivity index (χ0n) is 8.05. The molecule has 0 bridgehead atoms. The van der Waals surface area contributed by atoms with Crippen LogP contribution in [0.3, 0.4) is 0 Å². The first-order chi connectivity index (χ1) is 5.66. The summed E-state index contributed by atoms with van der Waals surface area (Å²) in [6.07, 6.45) is 2.15. The molecular formula is C9H19NO2. The highest BCUT2D eigenvalue weighted by molar-refractivity contribution is 4.82. The van der Waals surface area contributed by atoms with E-state index < -0.39 is 0 Å². The summed E-state index contributed by atoms with van der Waals surface area (Å²) in [6.45, 7) is 4.94. The van der Waals surface area contributed by atoms with E-state index in [1.807, 2.05) is 0 Å². The Bertz CT molecular complexity index is 125. The summed E-state index contributed by atoms with van der Waals surface area (Å²) in [5.74, 6) is 0. The first kappa shape index (κ1) is 9.96. The van der Waals surface area contributed by atoms with Gasteiger partial charge in [-0.2, -0.15) is 0 Å². The third-order valence-electron chi connectivity index (χ3n) is 2.59. The number of rotatable bonds is 3. The van der Waals surface area contributed by atoms with Gasteiger partial charge in [-0.25, -0.2) is 0 Å². The van der Waals surface area contributed by atoms with Crippen LogP contribution in [0.2, 0.25) is 0 Å². The second kappa shape index (κ2) is 4.21. The van der Waals surface area contributed by atoms with Crippen LogP contribution in [0.25, 0.3) is 0 Å². The molecule has 0 saturated carbocycles. The van der Waals surface area contributed by atoms with E-state index in [4.69, 9.17) is 9.84 Å². The minimum atomic E-state index is 0.00917. The molecule has 3 nitrogen and oxygen atoms in total. The van der Waals surface area contributed by atoms with E-state index in [-0.39, 0.29) is 12.2 Å². The molecule has 0 aromatic rings. The summed E-state index contributed by atoms with van der Waals surface area (Å²) in [6, 6.07) is 0. The maximum atomic E-state index is 8.63. The molecule has 0 unspecified atom stereocenters. The summed E-state index contributed by atoms with van der Waals surface area (Å²) < 4.78 is 5.59. The second-order valence-electron chi connectivity index (χ2n) is 3.83. The third-order valence-corrected chi connectivity index (χ3v) is 2.59. The molecule has 1 aliphatic heterocycles. The van der Waals surface area contributed by atoms with Gasteiger partial charge < -0.3 is 14.7 Å². The number of ether oxygens (including phenoxy) is 1. The van der Waals surface area contributed by atoms with Gasteiger partial charge in [0.2, 0.25) is 0 Å². The Morgan fingerprint density at radius 3 is 2.50 bits per heavy atom. The van der Waals surface area contributed by atoms with Gasteiger partial charge >= 0.3 is 0 Å². The van der Waals surface area contributed by atoms with Crippen molar-refractivity contribution in [2.75, 3.05) is 33.4 Å². The lowest BCUT2D eigenvalue weighted by Crippen LogP contribution is -2.42. The quantitative estimate of drug-likeness (QED) is 0.674. The first-order valence-corrected chi connectivity index (χ1v) is 4.60. The molecule has 72 valence electrons.